The number of hydrogen-bond donors (Lipinski definition) is 0. The Bertz CT molecular complexity index is 984. The third-order valence-electron chi connectivity index (χ3n) is 8.45. The molecule has 2 aliphatic carbocycles. The maximum absolute atomic E-state index is 15.3. The van der Waals surface area contributed by atoms with Crippen LogP contribution in [0.4, 0.5) is 22.0 Å². The van der Waals surface area contributed by atoms with E-state index in [1.807, 2.05) is 0 Å². The molecule has 2 saturated carbocycles. The standard InChI is InChI=1S/C30H37F5O/c1-2-3-4-19-5-7-20(8-6-19)9-10-21-11-13-22(14-12-21)28-24(31)15-16-27(30(28)35)36-23-17-25(32)29(34)26(33)18-23/h15-22H,2-14H2,1H3. The third kappa shape index (κ3) is 6.60. The van der Waals surface area contributed by atoms with E-state index in [0.717, 1.165) is 36.8 Å². The molecule has 0 unspecified atom stereocenters. The number of unbranched alkanes of at least 4 members (excludes halogenated alkanes) is 1. The first kappa shape index (κ1) is 26.9. The second-order valence-corrected chi connectivity index (χ2v) is 10.9. The van der Waals surface area contributed by atoms with Gasteiger partial charge in [0.2, 0.25) is 0 Å². The molecule has 0 atom stereocenters. The van der Waals surface area contributed by atoms with Crippen LogP contribution in [-0.4, -0.2) is 0 Å². The Hall–Kier alpha value is -2.11. The molecule has 0 aliphatic heterocycles. The molecule has 36 heavy (non-hydrogen) atoms. The highest BCUT2D eigenvalue weighted by Crippen LogP contribution is 2.43. The van der Waals surface area contributed by atoms with Gasteiger partial charge in [0.05, 0.1) is 0 Å². The van der Waals surface area contributed by atoms with Crippen LogP contribution in [0.3, 0.4) is 0 Å². The SMILES string of the molecule is CCCCC1CCC(CCC2CCC(c3c(F)ccc(Oc4cc(F)c(F)c(F)c4)c3F)CC2)CC1. The molecule has 6 heteroatoms. The Morgan fingerprint density at radius 3 is 1.75 bits per heavy atom. The monoisotopic (exact) mass is 508 g/mol. The molecule has 0 heterocycles. The summed E-state index contributed by atoms with van der Waals surface area (Å²) in [7, 11) is 0. The van der Waals surface area contributed by atoms with Crippen molar-refractivity contribution in [3.8, 4) is 11.5 Å². The summed E-state index contributed by atoms with van der Waals surface area (Å²) in [6, 6.07) is 3.50. The number of halogens is 5. The van der Waals surface area contributed by atoms with E-state index in [1.54, 1.807) is 0 Å². The van der Waals surface area contributed by atoms with Crippen molar-refractivity contribution in [2.45, 2.75) is 96.3 Å². The van der Waals surface area contributed by atoms with Crippen molar-refractivity contribution >= 4 is 0 Å². The number of rotatable bonds is 9. The first-order valence-electron chi connectivity index (χ1n) is 13.7. The van der Waals surface area contributed by atoms with Crippen LogP contribution in [0.15, 0.2) is 24.3 Å². The summed E-state index contributed by atoms with van der Waals surface area (Å²) in [5, 5.41) is 0. The first-order chi connectivity index (χ1) is 17.4. The summed E-state index contributed by atoms with van der Waals surface area (Å²) in [6.07, 6.45) is 15.1. The smallest absolute Gasteiger partial charge is 0.194 e. The fourth-order valence-electron chi connectivity index (χ4n) is 6.23. The molecule has 2 aliphatic rings. The van der Waals surface area contributed by atoms with E-state index in [9.17, 15) is 17.6 Å². The Labute approximate surface area is 211 Å². The highest BCUT2D eigenvalue weighted by atomic mass is 19.2. The van der Waals surface area contributed by atoms with E-state index >= 15 is 4.39 Å². The van der Waals surface area contributed by atoms with E-state index in [4.69, 9.17) is 4.74 Å². The van der Waals surface area contributed by atoms with Crippen LogP contribution in [0, 0.1) is 46.8 Å². The third-order valence-corrected chi connectivity index (χ3v) is 8.45. The lowest BCUT2D eigenvalue weighted by Gasteiger charge is -2.32. The van der Waals surface area contributed by atoms with Gasteiger partial charge in [-0.15, -0.1) is 0 Å². The van der Waals surface area contributed by atoms with Crippen molar-refractivity contribution in [1.82, 2.24) is 0 Å². The highest BCUT2D eigenvalue weighted by molar-refractivity contribution is 5.38. The predicted octanol–water partition coefficient (Wildman–Crippen LogP) is 10.2. The van der Waals surface area contributed by atoms with Gasteiger partial charge in [-0.25, -0.2) is 22.0 Å². The minimum atomic E-state index is -1.63. The molecular formula is C30H37F5O. The zero-order valence-corrected chi connectivity index (χ0v) is 21.1. The lowest BCUT2D eigenvalue weighted by molar-refractivity contribution is 0.221. The Balaban J connectivity index is 1.30. The van der Waals surface area contributed by atoms with Crippen molar-refractivity contribution in [2.24, 2.45) is 17.8 Å². The molecule has 198 valence electrons. The molecule has 0 bridgehead atoms. The van der Waals surface area contributed by atoms with E-state index in [-0.39, 0.29) is 23.0 Å². The molecule has 0 amide bonds. The van der Waals surface area contributed by atoms with Crippen molar-refractivity contribution in [1.29, 1.82) is 0 Å². The first-order valence-corrected chi connectivity index (χ1v) is 13.7. The molecule has 2 fully saturated rings. The summed E-state index contributed by atoms with van der Waals surface area (Å²) >= 11 is 0. The van der Waals surface area contributed by atoms with Crippen molar-refractivity contribution in [2.75, 3.05) is 0 Å². The zero-order valence-electron chi connectivity index (χ0n) is 21.1. The fourth-order valence-corrected chi connectivity index (χ4v) is 6.23. The molecule has 0 spiro atoms. The Morgan fingerprint density at radius 1 is 0.667 bits per heavy atom. The van der Waals surface area contributed by atoms with Gasteiger partial charge in [-0.3, -0.25) is 0 Å². The van der Waals surface area contributed by atoms with E-state index in [2.05, 4.69) is 6.92 Å². The van der Waals surface area contributed by atoms with Crippen LogP contribution in [0.2, 0.25) is 0 Å². The van der Waals surface area contributed by atoms with Gasteiger partial charge >= 0.3 is 0 Å². The number of hydrogen-bond acceptors (Lipinski definition) is 1. The minimum Gasteiger partial charge on any atom is -0.454 e. The zero-order chi connectivity index (χ0) is 25.7. The molecule has 2 aromatic rings. The van der Waals surface area contributed by atoms with Crippen LogP contribution in [0.1, 0.15) is 102 Å². The summed E-state index contributed by atoms with van der Waals surface area (Å²) < 4.78 is 75.4. The summed E-state index contributed by atoms with van der Waals surface area (Å²) in [4.78, 5) is 0. The molecular weight excluding hydrogens is 471 g/mol. The minimum absolute atomic E-state index is 0.0283. The Kier molecular flexibility index (Phi) is 9.30. The van der Waals surface area contributed by atoms with E-state index in [0.29, 0.717) is 30.9 Å². The second-order valence-electron chi connectivity index (χ2n) is 10.9. The van der Waals surface area contributed by atoms with E-state index < -0.39 is 29.1 Å². The van der Waals surface area contributed by atoms with Crippen LogP contribution in [0.5, 0.6) is 11.5 Å². The van der Waals surface area contributed by atoms with Crippen LogP contribution < -0.4 is 4.74 Å². The van der Waals surface area contributed by atoms with Gasteiger partial charge in [-0.2, -0.15) is 0 Å². The average Bonchev–Trinajstić information content (AvgIpc) is 2.88. The van der Waals surface area contributed by atoms with E-state index in [1.165, 1.54) is 57.8 Å². The fraction of sp³-hybridized carbons (Fsp3) is 0.600. The van der Waals surface area contributed by atoms with Gasteiger partial charge in [-0.05, 0) is 61.5 Å². The van der Waals surface area contributed by atoms with Gasteiger partial charge in [-0.1, -0.05) is 64.7 Å². The molecule has 0 saturated heterocycles. The van der Waals surface area contributed by atoms with Gasteiger partial charge in [0.1, 0.15) is 11.6 Å². The largest absolute Gasteiger partial charge is 0.454 e. The molecule has 2 aromatic carbocycles. The summed E-state index contributed by atoms with van der Waals surface area (Å²) in [5.41, 5.74) is -0.0283. The van der Waals surface area contributed by atoms with Gasteiger partial charge < -0.3 is 4.74 Å². The summed E-state index contributed by atoms with van der Waals surface area (Å²) in [5.74, 6) is -4.63. The molecule has 4 rings (SSSR count). The van der Waals surface area contributed by atoms with Crippen molar-refractivity contribution in [3.63, 3.8) is 0 Å². The predicted molar refractivity (Wildman–Crippen MR) is 132 cm³/mol. The number of ether oxygens (including phenoxy) is 1. The molecule has 0 aromatic heterocycles. The molecule has 1 nitrogen and oxygen atoms in total. The maximum Gasteiger partial charge on any atom is 0.194 e. The Morgan fingerprint density at radius 2 is 1.19 bits per heavy atom. The summed E-state index contributed by atoms with van der Waals surface area (Å²) in [6.45, 7) is 2.26. The average molecular weight is 509 g/mol. The quantitative estimate of drug-likeness (QED) is 0.242. The molecule has 0 radical (unpaired) electrons. The lowest BCUT2D eigenvalue weighted by atomic mass is 9.73. The van der Waals surface area contributed by atoms with Gasteiger partial charge in [0.25, 0.3) is 0 Å². The van der Waals surface area contributed by atoms with Gasteiger partial charge in [0.15, 0.2) is 29.0 Å². The number of benzene rings is 2. The normalized spacial score (nSPS) is 24.6. The van der Waals surface area contributed by atoms with Gasteiger partial charge in [0, 0.05) is 17.7 Å². The second kappa shape index (κ2) is 12.4. The van der Waals surface area contributed by atoms with Crippen molar-refractivity contribution in [3.05, 3.63) is 58.9 Å². The highest BCUT2D eigenvalue weighted by Gasteiger charge is 2.29. The lowest BCUT2D eigenvalue weighted by Crippen LogP contribution is -2.18. The molecule has 0 N–H and O–H groups in total. The van der Waals surface area contributed by atoms with Crippen molar-refractivity contribution < 1.29 is 26.7 Å². The van der Waals surface area contributed by atoms with Crippen LogP contribution in [0.25, 0.3) is 0 Å². The van der Waals surface area contributed by atoms with Crippen LogP contribution in [-0.2, 0) is 0 Å². The maximum atomic E-state index is 15.3. The topological polar surface area (TPSA) is 9.23 Å². The van der Waals surface area contributed by atoms with Crippen LogP contribution >= 0.6 is 0 Å².